The highest BCUT2D eigenvalue weighted by atomic mass is 32.2. The number of aliphatic carboxylic acids is 1. The number of carbonyl (C=O) groups is 1. The van der Waals surface area contributed by atoms with Gasteiger partial charge in [-0.05, 0) is 31.7 Å². The fraction of sp³-hybridized carbons (Fsp3) is 0.385. The van der Waals surface area contributed by atoms with Gasteiger partial charge >= 0.3 is 5.97 Å². The van der Waals surface area contributed by atoms with E-state index in [2.05, 4.69) is 15.1 Å². The van der Waals surface area contributed by atoms with Crippen molar-refractivity contribution in [1.82, 2.24) is 19.7 Å². The van der Waals surface area contributed by atoms with Crippen molar-refractivity contribution in [2.45, 2.75) is 31.2 Å². The Balaban J connectivity index is 1.93. The molecule has 7 heteroatoms. The van der Waals surface area contributed by atoms with Crippen LogP contribution in [0.15, 0.2) is 17.4 Å². The number of aryl methyl sites for hydroxylation is 1. The molecule has 2 aromatic heterocycles. The monoisotopic (exact) mass is 290 g/mol. The Morgan fingerprint density at radius 3 is 3.10 bits per heavy atom. The molecule has 0 aliphatic heterocycles. The maximum absolute atomic E-state index is 10.6. The molecule has 104 valence electrons. The first-order chi connectivity index (χ1) is 9.65. The van der Waals surface area contributed by atoms with Gasteiger partial charge in [-0.2, -0.15) is 5.10 Å². The summed E-state index contributed by atoms with van der Waals surface area (Å²) in [4.78, 5) is 18.9. The third-order valence-corrected chi connectivity index (χ3v) is 4.23. The molecule has 2 aromatic rings. The van der Waals surface area contributed by atoms with Gasteiger partial charge in [-0.15, -0.1) is 0 Å². The lowest BCUT2D eigenvalue weighted by molar-refractivity contribution is -0.133. The van der Waals surface area contributed by atoms with E-state index in [1.54, 1.807) is 6.07 Å². The summed E-state index contributed by atoms with van der Waals surface area (Å²) in [5.41, 5.74) is 3.59. The maximum atomic E-state index is 10.6. The van der Waals surface area contributed by atoms with E-state index >= 15 is 0 Å². The van der Waals surface area contributed by atoms with Gasteiger partial charge in [0, 0.05) is 11.8 Å². The fourth-order valence-corrected chi connectivity index (χ4v) is 3.05. The zero-order valence-electron chi connectivity index (χ0n) is 11.0. The normalized spacial score (nSPS) is 13.4. The van der Waals surface area contributed by atoms with Crippen molar-refractivity contribution in [3.63, 3.8) is 0 Å². The molecule has 0 bridgehead atoms. The molecule has 0 saturated heterocycles. The average Bonchev–Trinajstić information content (AvgIpc) is 3.01. The van der Waals surface area contributed by atoms with Crippen LogP contribution in [0.3, 0.4) is 0 Å². The van der Waals surface area contributed by atoms with Crippen LogP contribution >= 0.6 is 11.8 Å². The van der Waals surface area contributed by atoms with Crippen LogP contribution in [0.25, 0.3) is 5.82 Å². The van der Waals surface area contributed by atoms with E-state index in [9.17, 15) is 4.79 Å². The molecule has 0 saturated carbocycles. The van der Waals surface area contributed by atoms with Crippen molar-refractivity contribution in [3.05, 3.63) is 29.3 Å². The molecular formula is C13H14N4O2S. The Morgan fingerprint density at radius 1 is 1.45 bits per heavy atom. The summed E-state index contributed by atoms with van der Waals surface area (Å²) < 4.78 is 1.87. The number of nitrogens with zero attached hydrogens (tertiary/aromatic N) is 4. The molecule has 0 aromatic carbocycles. The molecule has 0 radical (unpaired) electrons. The van der Waals surface area contributed by atoms with Crippen LogP contribution in [-0.2, 0) is 17.6 Å². The van der Waals surface area contributed by atoms with E-state index in [0.717, 1.165) is 25.0 Å². The molecule has 0 spiro atoms. The fourth-order valence-electron chi connectivity index (χ4n) is 2.47. The quantitative estimate of drug-likeness (QED) is 0.681. The highest BCUT2D eigenvalue weighted by Crippen LogP contribution is 2.27. The van der Waals surface area contributed by atoms with E-state index < -0.39 is 5.97 Å². The van der Waals surface area contributed by atoms with E-state index in [-0.39, 0.29) is 5.75 Å². The lowest BCUT2D eigenvalue weighted by Gasteiger charge is -2.05. The van der Waals surface area contributed by atoms with Crippen molar-refractivity contribution < 1.29 is 9.90 Å². The number of carboxylic acids is 1. The molecule has 0 fully saturated rings. The molecule has 3 rings (SSSR count). The summed E-state index contributed by atoms with van der Waals surface area (Å²) in [7, 11) is 0. The second-order valence-corrected chi connectivity index (χ2v) is 5.67. The van der Waals surface area contributed by atoms with Crippen molar-refractivity contribution in [2.24, 2.45) is 0 Å². The van der Waals surface area contributed by atoms with Crippen molar-refractivity contribution in [3.8, 4) is 5.82 Å². The molecule has 0 atom stereocenters. The van der Waals surface area contributed by atoms with Crippen molar-refractivity contribution >= 4 is 17.7 Å². The SMILES string of the molecule is Cc1nn(-c2cc(SCC(=O)O)ncn2)c2c1CCC2. The Hall–Kier alpha value is -1.89. The van der Waals surface area contributed by atoms with Gasteiger partial charge < -0.3 is 5.11 Å². The highest BCUT2D eigenvalue weighted by Gasteiger charge is 2.21. The molecule has 1 aliphatic rings. The van der Waals surface area contributed by atoms with Gasteiger partial charge in [0.15, 0.2) is 5.82 Å². The lowest BCUT2D eigenvalue weighted by atomic mass is 10.2. The smallest absolute Gasteiger partial charge is 0.313 e. The maximum Gasteiger partial charge on any atom is 0.313 e. The molecule has 0 unspecified atom stereocenters. The van der Waals surface area contributed by atoms with Gasteiger partial charge in [-0.25, -0.2) is 14.6 Å². The predicted molar refractivity (Wildman–Crippen MR) is 74.3 cm³/mol. The van der Waals surface area contributed by atoms with Crippen LogP contribution in [-0.4, -0.2) is 36.6 Å². The zero-order valence-corrected chi connectivity index (χ0v) is 11.9. The first-order valence-electron chi connectivity index (χ1n) is 6.39. The standard InChI is InChI=1S/C13H14N4O2S/c1-8-9-3-2-4-10(9)17(16-8)11-5-12(15-7-14-11)20-6-13(18)19/h5,7H,2-4,6H2,1H3,(H,18,19). The van der Waals surface area contributed by atoms with Gasteiger partial charge in [0.2, 0.25) is 0 Å². The Morgan fingerprint density at radius 2 is 2.30 bits per heavy atom. The van der Waals surface area contributed by atoms with Gasteiger partial charge in [-0.3, -0.25) is 4.79 Å². The topological polar surface area (TPSA) is 80.9 Å². The largest absolute Gasteiger partial charge is 0.481 e. The third kappa shape index (κ3) is 2.40. The predicted octanol–water partition coefficient (Wildman–Crippen LogP) is 1.64. The number of hydrogen-bond donors (Lipinski definition) is 1. The number of aromatic nitrogens is 4. The number of thioether (sulfide) groups is 1. The summed E-state index contributed by atoms with van der Waals surface area (Å²) >= 11 is 1.19. The number of fused-ring (bicyclic) bond motifs is 1. The molecule has 0 amide bonds. The average molecular weight is 290 g/mol. The lowest BCUT2D eigenvalue weighted by Crippen LogP contribution is -2.05. The number of rotatable bonds is 4. The summed E-state index contributed by atoms with van der Waals surface area (Å²) in [6.45, 7) is 2.02. The van der Waals surface area contributed by atoms with Crippen LogP contribution in [0, 0.1) is 6.92 Å². The second kappa shape index (κ2) is 5.24. The Bertz CT molecular complexity index is 668. The summed E-state index contributed by atoms with van der Waals surface area (Å²) in [5, 5.41) is 13.9. The molecule has 1 N–H and O–H groups in total. The summed E-state index contributed by atoms with van der Waals surface area (Å²) in [6, 6.07) is 1.79. The first kappa shape index (κ1) is 13.1. The van der Waals surface area contributed by atoms with Crippen LogP contribution < -0.4 is 0 Å². The first-order valence-corrected chi connectivity index (χ1v) is 7.38. The minimum Gasteiger partial charge on any atom is -0.481 e. The minimum atomic E-state index is -0.856. The van der Waals surface area contributed by atoms with E-state index in [1.165, 1.54) is 29.3 Å². The van der Waals surface area contributed by atoms with Crippen molar-refractivity contribution in [1.29, 1.82) is 0 Å². The van der Waals surface area contributed by atoms with E-state index in [4.69, 9.17) is 5.11 Å². The molecular weight excluding hydrogens is 276 g/mol. The van der Waals surface area contributed by atoms with E-state index in [0.29, 0.717) is 10.8 Å². The molecule has 1 aliphatic carbocycles. The summed E-state index contributed by atoms with van der Waals surface area (Å²) in [6.07, 6.45) is 4.70. The highest BCUT2D eigenvalue weighted by molar-refractivity contribution is 7.99. The minimum absolute atomic E-state index is 0.00725. The number of hydrogen-bond acceptors (Lipinski definition) is 5. The summed E-state index contributed by atoms with van der Waals surface area (Å²) in [5.74, 6) is -0.155. The Labute approximate surface area is 120 Å². The Kier molecular flexibility index (Phi) is 3.43. The van der Waals surface area contributed by atoms with Crippen LogP contribution in [0.4, 0.5) is 0 Å². The second-order valence-electron chi connectivity index (χ2n) is 4.67. The molecule has 20 heavy (non-hydrogen) atoms. The number of carboxylic acid groups (broad SMARTS) is 1. The van der Waals surface area contributed by atoms with Crippen LogP contribution in [0.5, 0.6) is 0 Å². The van der Waals surface area contributed by atoms with Crippen LogP contribution in [0.1, 0.15) is 23.4 Å². The molecule has 2 heterocycles. The van der Waals surface area contributed by atoms with Gasteiger partial charge in [0.1, 0.15) is 11.4 Å². The van der Waals surface area contributed by atoms with Gasteiger partial charge in [-0.1, -0.05) is 11.8 Å². The van der Waals surface area contributed by atoms with Crippen LogP contribution in [0.2, 0.25) is 0 Å². The van der Waals surface area contributed by atoms with Gasteiger partial charge in [0.25, 0.3) is 0 Å². The third-order valence-electron chi connectivity index (χ3n) is 3.32. The van der Waals surface area contributed by atoms with Gasteiger partial charge in [0.05, 0.1) is 11.4 Å². The van der Waals surface area contributed by atoms with E-state index in [1.807, 2.05) is 11.6 Å². The zero-order chi connectivity index (χ0) is 14.1. The van der Waals surface area contributed by atoms with Crippen molar-refractivity contribution in [2.75, 3.05) is 5.75 Å². The molecule has 6 nitrogen and oxygen atoms in total.